The molecule has 3 aliphatic rings. The molecule has 1 aromatic carbocycles. The van der Waals surface area contributed by atoms with Crippen LogP contribution in [-0.4, -0.2) is 73.9 Å². The van der Waals surface area contributed by atoms with E-state index in [0.29, 0.717) is 17.1 Å². The van der Waals surface area contributed by atoms with Crippen LogP contribution in [0.3, 0.4) is 0 Å². The summed E-state index contributed by atoms with van der Waals surface area (Å²) in [4.78, 5) is 11.9. The molecule has 3 heterocycles. The van der Waals surface area contributed by atoms with Crippen LogP contribution in [0.5, 0.6) is 0 Å². The van der Waals surface area contributed by atoms with Gasteiger partial charge in [-0.15, -0.1) is 5.10 Å². The molecule has 0 spiro atoms. The van der Waals surface area contributed by atoms with Gasteiger partial charge in [-0.05, 0) is 49.8 Å². The number of allylic oxidation sites excluding steroid dienone is 2. The lowest BCUT2D eigenvalue weighted by atomic mass is 9.92. The minimum Gasteiger partial charge on any atom is -0.377 e. The number of hydrogen-bond acceptors (Lipinski definition) is 6. The van der Waals surface area contributed by atoms with Crippen LogP contribution in [0.2, 0.25) is 5.02 Å². The first-order valence-electron chi connectivity index (χ1n) is 13.9. The van der Waals surface area contributed by atoms with Gasteiger partial charge in [-0.1, -0.05) is 54.8 Å². The molecular weight excluding hydrogens is 506 g/mol. The van der Waals surface area contributed by atoms with Crippen molar-refractivity contribution in [2.75, 3.05) is 33.2 Å². The van der Waals surface area contributed by atoms with Gasteiger partial charge < -0.3 is 14.7 Å². The zero-order chi connectivity index (χ0) is 27.1. The Labute approximate surface area is 235 Å². The quantitative estimate of drug-likeness (QED) is 0.306. The molecule has 0 amide bonds. The number of aromatic nitrogens is 4. The molecule has 3 fully saturated rings. The molecular formula is C31H36ClN7. The van der Waals surface area contributed by atoms with Crippen LogP contribution in [0, 0.1) is 0 Å². The highest BCUT2D eigenvalue weighted by Crippen LogP contribution is 2.35. The van der Waals surface area contributed by atoms with Crippen molar-refractivity contribution in [2.24, 2.45) is 0 Å². The molecule has 6 rings (SSSR count). The second-order valence-electron chi connectivity index (χ2n) is 10.9. The molecule has 0 atom stereocenters. The Morgan fingerprint density at radius 3 is 2.36 bits per heavy atom. The molecule has 7 nitrogen and oxygen atoms in total. The van der Waals surface area contributed by atoms with Crippen molar-refractivity contribution in [2.45, 2.75) is 44.2 Å². The molecule has 0 N–H and O–H groups in total. The summed E-state index contributed by atoms with van der Waals surface area (Å²) in [7, 11) is 2.13. The maximum atomic E-state index is 6.73. The molecule has 0 bridgehead atoms. The number of rotatable bonds is 9. The molecule has 0 radical (unpaired) electrons. The van der Waals surface area contributed by atoms with Crippen molar-refractivity contribution >= 4 is 39.5 Å². The molecule has 202 valence electrons. The number of hydrogen-bond donors (Lipinski definition) is 0. The SMILES string of the molecule is C=C/C(=C\N(C)C1CCC1)c1cc(Cl)c2ccc(C(=C)N3CCN(C(=C)c4cn(C5CC5)nn4)CC3)cc2n1. The van der Waals surface area contributed by atoms with E-state index in [9.17, 15) is 0 Å². The van der Waals surface area contributed by atoms with Crippen molar-refractivity contribution in [3.8, 4) is 0 Å². The summed E-state index contributed by atoms with van der Waals surface area (Å²) < 4.78 is 1.98. The number of piperazine rings is 1. The van der Waals surface area contributed by atoms with E-state index in [4.69, 9.17) is 16.6 Å². The van der Waals surface area contributed by atoms with Crippen LogP contribution in [-0.2, 0) is 0 Å². The van der Waals surface area contributed by atoms with Crippen LogP contribution in [0.4, 0.5) is 0 Å². The lowest BCUT2D eigenvalue weighted by Gasteiger charge is -2.38. The lowest BCUT2D eigenvalue weighted by Crippen LogP contribution is -2.44. The minimum atomic E-state index is 0.523. The van der Waals surface area contributed by atoms with Crippen LogP contribution in [0.25, 0.3) is 27.9 Å². The van der Waals surface area contributed by atoms with Crippen LogP contribution >= 0.6 is 11.6 Å². The van der Waals surface area contributed by atoms with Crippen molar-refractivity contribution < 1.29 is 0 Å². The molecule has 8 heteroatoms. The summed E-state index contributed by atoms with van der Waals surface area (Å²) in [5.41, 5.74) is 6.54. The topological polar surface area (TPSA) is 53.3 Å². The number of benzene rings is 1. The summed E-state index contributed by atoms with van der Waals surface area (Å²) in [6.45, 7) is 16.2. The Morgan fingerprint density at radius 2 is 1.72 bits per heavy atom. The third-order valence-electron chi connectivity index (χ3n) is 8.37. The number of halogens is 1. The van der Waals surface area contributed by atoms with Gasteiger partial charge in [0.1, 0.15) is 5.69 Å². The summed E-state index contributed by atoms with van der Waals surface area (Å²) in [6.07, 6.45) is 12.2. The molecule has 1 aliphatic heterocycles. The van der Waals surface area contributed by atoms with E-state index in [-0.39, 0.29) is 0 Å². The third kappa shape index (κ3) is 5.20. The van der Waals surface area contributed by atoms with Gasteiger partial charge in [-0.2, -0.15) is 0 Å². The van der Waals surface area contributed by atoms with Crippen molar-refractivity contribution in [3.63, 3.8) is 0 Å². The predicted molar refractivity (Wildman–Crippen MR) is 160 cm³/mol. The number of pyridine rings is 1. The average molecular weight is 542 g/mol. The van der Waals surface area contributed by atoms with Gasteiger partial charge in [-0.25, -0.2) is 9.67 Å². The fourth-order valence-electron chi connectivity index (χ4n) is 5.37. The van der Waals surface area contributed by atoms with Gasteiger partial charge in [0, 0.05) is 62.1 Å². The van der Waals surface area contributed by atoms with E-state index >= 15 is 0 Å². The maximum Gasteiger partial charge on any atom is 0.128 e. The van der Waals surface area contributed by atoms with Crippen molar-refractivity contribution in [1.29, 1.82) is 0 Å². The third-order valence-corrected chi connectivity index (χ3v) is 8.68. The van der Waals surface area contributed by atoms with E-state index in [0.717, 1.165) is 71.0 Å². The van der Waals surface area contributed by atoms with Gasteiger partial charge in [-0.3, -0.25) is 0 Å². The second-order valence-corrected chi connectivity index (χ2v) is 11.3. The second kappa shape index (κ2) is 10.5. The monoisotopic (exact) mass is 541 g/mol. The Kier molecular flexibility index (Phi) is 6.94. The van der Waals surface area contributed by atoms with E-state index in [1.807, 2.05) is 29.1 Å². The van der Waals surface area contributed by atoms with Gasteiger partial charge >= 0.3 is 0 Å². The van der Waals surface area contributed by atoms with Gasteiger partial charge in [0.05, 0.1) is 34.2 Å². The van der Waals surface area contributed by atoms with Crippen molar-refractivity contribution in [3.05, 3.63) is 84.4 Å². The zero-order valence-electron chi connectivity index (χ0n) is 22.7. The Morgan fingerprint density at radius 1 is 1.00 bits per heavy atom. The minimum absolute atomic E-state index is 0.523. The fraction of sp³-hybridized carbons (Fsp3) is 0.387. The molecule has 39 heavy (non-hydrogen) atoms. The van der Waals surface area contributed by atoms with Crippen molar-refractivity contribution in [1.82, 2.24) is 34.7 Å². The van der Waals surface area contributed by atoms with E-state index in [1.54, 1.807) is 0 Å². The van der Waals surface area contributed by atoms with E-state index in [1.165, 1.54) is 32.1 Å². The summed E-state index contributed by atoms with van der Waals surface area (Å²) in [5.74, 6) is 0. The molecule has 3 aromatic rings. The summed E-state index contributed by atoms with van der Waals surface area (Å²) in [5, 5.41) is 10.3. The van der Waals surface area contributed by atoms with Crippen LogP contribution in [0.1, 0.15) is 55.1 Å². The zero-order valence-corrected chi connectivity index (χ0v) is 23.4. The van der Waals surface area contributed by atoms with Gasteiger partial charge in [0.15, 0.2) is 0 Å². The standard InChI is InChI=1S/C31H36ClN7/c1-5-23(19-36(4)25-7-6-8-25)29-18-28(32)27-12-9-24(17-30(27)33-29)21(2)37-13-15-38(16-14-37)22(3)31-20-39(35-34-31)26-10-11-26/h5,9,12,17-20,25-26H,1-3,6-8,10-11,13-16H2,4H3/b23-19+. The molecule has 2 aromatic heterocycles. The molecule has 1 saturated heterocycles. The molecule has 2 saturated carbocycles. The summed E-state index contributed by atoms with van der Waals surface area (Å²) in [6, 6.07) is 9.30. The Hall–Kier alpha value is -3.58. The van der Waals surface area contributed by atoms with Gasteiger partial charge in [0.2, 0.25) is 0 Å². The molecule has 0 unspecified atom stereocenters. The lowest BCUT2D eigenvalue weighted by molar-refractivity contribution is 0.218. The first kappa shape index (κ1) is 25.7. The summed E-state index contributed by atoms with van der Waals surface area (Å²) >= 11 is 6.73. The normalized spacial score (nSPS) is 18.3. The van der Waals surface area contributed by atoms with E-state index in [2.05, 4.69) is 70.1 Å². The highest BCUT2D eigenvalue weighted by atomic mass is 35.5. The van der Waals surface area contributed by atoms with E-state index < -0.39 is 0 Å². The first-order valence-corrected chi connectivity index (χ1v) is 14.3. The largest absolute Gasteiger partial charge is 0.377 e. The number of nitrogens with zero attached hydrogens (tertiary/aromatic N) is 7. The van der Waals surface area contributed by atoms with Crippen LogP contribution in [0.15, 0.2) is 62.5 Å². The maximum absolute atomic E-state index is 6.73. The Balaban J connectivity index is 1.16. The van der Waals surface area contributed by atoms with Gasteiger partial charge in [0.25, 0.3) is 0 Å². The smallest absolute Gasteiger partial charge is 0.128 e. The average Bonchev–Trinajstić information content (AvgIpc) is 3.65. The first-order chi connectivity index (χ1) is 18.9. The molecule has 2 aliphatic carbocycles. The highest BCUT2D eigenvalue weighted by Gasteiger charge is 2.27. The van der Waals surface area contributed by atoms with Crippen LogP contribution < -0.4 is 0 Å². The highest BCUT2D eigenvalue weighted by molar-refractivity contribution is 6.35. The fourth-order valence-corrected chi connectivity index (χ4v) is 5.64. The Bertz CT molecular complexity index is 1450. The number of fused-ring (bicyclic) bond motifs is 1. The predicted octanol–water partition coefficient (Wildman–Crippen LogP) is 6.09.